The first kappa shape index (κ1) is 17.0. The lowest BCUT2D eigenvalue weighted by Gasteiger charge is -2.43. The molecule has 0 saturated heterocycles. The average Bonchev–Trinajstić information content (AvgIpc) is 2.42. The van der Waals surface area contributed by atoms with Crippen molar-refractivity contribution in [2.75, 3.05) is 13.1 Å². The monoisotopic (exact) mass is 304 g/mol. The molecule has 122 valence electrons. The summed E-state index contributed by atoms with van der Waals surface area (Å²) in [6.07, 6.45) is 3.15. The Morgan fingerprint density at radius 3 is 2.68 bits per heavy atom. The maximum Gasteiger partial charge on any atom is 0.317 e. The van der Waals surface area contributed by atoms with E-state index >= 15 is 0 Å². The molecule has 0 aromatic heterocycles. The standard InChI is InChI=1S/C18H28N2O2/c1-4-20(12-18(21)22)17-10-16(11-17)19-14(3)9-15-8-6-5-7-13(15)2/h5-8,14,16-17,19H,4,9-12H2,1-3H3,(H,21,22). The zero-order valence-corrected chi connectivity index (χ0v) is 13.9. The van der Waals surface area contributed by atoms with E-state index < -0.39 is 5.97 Å². The molecule has 22 heavy (non-hydrogen) atoms. The fraction of sp³-hybridized carbons (Fsp3) is 0.611. The van der Waals surface area contributed by atoms with Crippen molar-refractivity contribution >= 4 is 5.97 Å². The Bertz CT molecular complexity index is 498. The zero-order chi connectivity index (χ0) is 16.1. The van der Waals surface area contributed by atoms with Crippen LogP contribution in [0.1, 0.15) is 37.8 Å². The molecule has 0 radical (unpaired) electrons. The van der Waals surface area contributed by atoms with Crippen molar-refractivity contribution in [3.8, 4) is 0 Å². The molecule has 2 N–H and O–H groups in total. The number of hydrogen-bond acceptors (Lipinski definition) is 3. The minimum atomic E-state index is -0.730. The summed E-state index contributed by atoms with van der Waals surface area (Å²) in [7, 11) is 0. The average molecular weight is 304 g/mol. The lowest BCUT2D eigenvalue weighted by atomic mass is 9.84. The van der Waals surface area contributed by atoms with Gasteiger partial charge in [-0.3, -0.25) is 9.69 Å². The normalized spacial score (nSPS) is 22.4. The smallest absolute Gasteiger partial charge is 0.317 e. The molecule has 1 aliphatic rings. The van der Waals surface area contributed by atoms with Gasteiger partial charge < -0.3 is 10.4 Å². The van der Waals surface area contributed by atoms with Gasteiger partial charge in [-0.05, 0) is 50.8 Å². The Morgan fingerprint density at radius 2 is 2.09 bits per heavy atom. The van der Waals surface area contributed by atoms with Gasteiger partial charge in [0, 0.05) is 18.1 Å². The lowest BCUT2D eigenvalue weighted by molar-refractivity contribution is -0.139. The molecule has 1 fully saturated rings. The summed E-state index contributed by atoms with van der Waals surface area (Å²) in [5.41, 5.74) is 2.75. The summed E-state index contributed by atoms with van der Waals surface area (Å²) >= 11 is 0. The fourth-order valence-corrected chi connectivity index (χ4v) is 3.33. The van der Waals surface area contributed by atoms with Crippen LogP contribution in [0.2, 0.25) is 0 Å². The zero-order valence-electron chi connectivity index (χ0n) is 13.9. The SMILES string of the molecule is CCN(CC(=O)O)C1CC(NC(C)Cc2ccccc2C)C1. The maximum absolute atomic E-state index is 10.9. The Morgan fingerprint density at radius 1 is 1.41 bits per heavy atom. The number of aliphatic carboxylic acids is 1. The van der Waals surface area contributed by atoms with Gasteiger partial charge in [0.1, 0.15) is 0 Å². The summed E-state index contributed by atoms with van der Waals surface area (Å²) in [6, 6.07) is 9.92. The van der Waals surface area contributed by atoms with Gasteiger partial charge >= 0.3 is 5.97 Å². The van der Waals surface area contributed by atoms with Crippen LogP contribution < -0.4 is 5.32 Å². The van der Waals surface area contributed by atoms with E-state index in [1.54, 1.807) is 0 Å². The molecule has 1 aliphatic carbocycles. The number of nitrogens with zero attached hydrogens (tertiary/aromatic N) is 1. The third-order valence-electron chi connectivity index (χ3n) is 4.68. The first-order valence-electron chi connectivity index (χ1n) is 8.26. The van der Waals surface area contributed by atoms with Gasteiger partial charge in [0.05, 0.1) is 6.54 Å². The van der Waals surface area contributed by atoms with Crippen molar-refractivity contribution in [2.24, 2.45) is 0 Å². The minimum absolute atomic E-state index is 0.159. The van der Waals surface area contributed by atoms with Gasteiger partial charge in [-0.2, -0.15) is 0 Å². The molecule has 4 nitrogen and oxygen atoms in total. The highest BCUT2D eigenvalue weighted by molar-refractivity contribution is 5.69. The van der Waals surface area contributed by atoms with Gasteiger partial charge in [0.25, 0.3) is 0 Å². The number of carbonyl (C=O) groups is 1. The van der Waals surface area contributed by atoms with E-state index in [-0.39, 0.29) is 6.54 Å². The van der Waals surface area contributed by atoms with Crippen molar-refractivity contribution in [3.63, 3.8) is 0 Å². The number of carboxylic acid groups (broad SMARTS) is 1. The molecule has 2 rings (SSSR count). The van der Waals surface area contributed by atoms with E-state index in [1.165, 1.54) is 11.1 Å². The van der Waals surface area contributed by atoms with Crippen LogP contribution in [0.25, 0.3) is 0 Å². The first-order chi connectivity index (χ1) is 10.5. The first-order valence-corrected chi connectivity index (χ1v) is 8.26. The Balaban J connectivity index is 1.75. The molecule has 1 aromatic carbocycles. The van der Waals surface area contributed by atoms with Crippen LogP contribution in [-0.2, 0) is 11.2 Å². The van der Waals surface area contributed by atoms with Crippen molar-refractivity contribution in [2.45, 2.75) is 58.2 Å². The van der Waals surface area contributed by atoms with Crippen LogP contribution in [0.4, 0.5) is 0 Å². The molecule has 0 heterocycles. The summed E-state index contributed by atoms with van der Waals surface area (Å²) in [6.45, 7) is 7.39. The van der Waals surface area contributed by atoms with E-state index in [0.29, 0.717) is 18.1 Å². The lowest BCUT2D eigenvalue weighted by Crippen LogP contribution is -2.55. The molecule has 0 amide bonds. The number of aryl methyl sites for hydroxylation is 1. The molecular weight excluding hydrogens is 276 g/mol. The fourth-order valence-electron chi connectivity index (χ4n) is 3.33. The van der Waals surface area contributed by atoms with E-state index in [0.717, 1.165) is 25.8 Å². The Kier molecular flexibility index (Phi) is 5.98. The van der Waals surface area contributed by atoms with Crippen LogP contribution in [0.3, 0.4) is 0 Å². The van der Waals surface area contributed by atoms with Gasteiger partial charge in [-0.15, -0.1) is 0 Å². The molecule has 4 heteroatoms. The molecule has 1 unspecified atom stereocenters. The quantitative estimate of drug-likeness (QED) is 0.774. The van der Waals surface area contributed by atoms with E-state index in [9.17, 15) is 4.79 Å². The number of carboxylic acids is 1. The van der Waals surface area contributed by atoms with Crippen molar-refractivity contribution in [1.82, 2.24) is 10.2 Å². The predicted molar refractivity (Wildman–Crippen MR) is 89.2 cm³/mol. The molecular formula is C18H28N2O2. The van der Waals surface area contributed by atoms with Gasteiger partial charge in [0.2, 0.25) is 0 Å². The van der Waals surface area contributed by atoms with Crippen molar-refractivity contribution in [3.05, 3.63) is 35.4 Å². The second-order valence-corrected chi connectivity index (χ2v) is 6.48. The largest absolute Gasteiger partial charge is 0.480 e. The van der Waals surface area contributed by atoms with Crippen molar-refractivity contribution in [1.29, 1.82) is 0 Å². The van der Waals surface area contributed by atoms with Gasteiger partial charge in [0.15, 0.2) is 0 Å². The van der Waals surface area contributed by atoms with E-state index in [2.05, 4.69) is 48.3 Å². The highest BCUT2D eigenvalue weighted by Gasteiger charge is 2.34. The molecule has 1 aromatic rings. The second kappa shape index (κ2) is 7.75. The summed E-state index contributed by atoms with van der Waals surface area (Å²) in [5.74, 6) is -0.730. The summed E-state index contributed by atoms with van der Waals surface area (Å²) in [5, 5.41) is 12.6. The number of nitrogens with one attached hydrogen (secondary N) is 1. The Hall–Kier alpha value is -1.39. The van der Waals surface area contributed by atoms with Crippen molar-refractivity contribution < 1.29 is 9.90 Å². The van der Waals surface area contributed by atoms with Crippen LogP contribution in [0.5, 0.6) is 0 Å². The molecule has 1 atom stereocenters. The van der Waals surface area contributed by atoms with Crippen LogP contribution >= 0.6 is 0 Å². The van der Waals surface area contributed by atoms with Crippen LogP contribution in [-0.4, -0.2) is 47.2 Å². The van der Waals surface area contributed by atoms with E-state index in [1.807, 2.05) is 6.92 Å². The van der Waals surface area contributed by atoms with Gasteiger partial charge in [-0.1, -0.05) is 31.2 Å². The van der Waals surface area contributed by atoms with Crippen LogP contribution in [0, 0.1) is 6.92 Å². The molecule has 0 aliphatic heterocycles. The molecule has 1 saturated carbocycles. The predicted octanol–water partition coefficient (Wildman–Crippen LogP) is 2.45. The van der Waals surface area contributed by atoms with E-state index in [4.69, 9.17) is 5.11 Å². The maximum atomic E-state index is 10.9. The highest BCUT2D eigenvalue weighted by Crippen LogP contribution is 2.26. The minimum Gasteiger partial charge on any atom is -0.480 e. The molecule has 0 spiro atoms. The Labute approximate surface area is 133 Å². The molecule has 0 bridgehead atoms. The second-order valence-electron chi connectivity index (χ2n) is 6.48. The number of benzene rings is 1. The third-order valence-corrected chi connectivity index (χ3v) is 4.68. The number of likely N-dealkylation sites (N-methyl/N-ethyl adjacent to an activating group) is 1. The highest BCUT2D eigenvalue weighted by atomic mass is 16.4. The number of hydrogen-bond donors (Lipinski definition) is 2. The number of rotatable bonds is 8. The third kappa shape index (κ3) is 4.55. The summed E-state index contributed by atoms with van der Waals surface area (Å²) in [4.78, 5) is 12.9. The van der Waals surface area contributed by atoms with Crippen LogP contribution in [0.15, 0.2) is 24.3 Å². The summed E-state index contributed by atoms with van der Waals surface area (Å²) < 4.78 is 0. The van der Waals surface area contributed by atoms with Gasteiger partial charge in [-0.25, -0.2) is 0 Å². The topological polar surface area (TPSA) is 52.6 Å².